The number of amides is 1. The number of ether oxygens (including phenoxy) is 2. The summed E-state index contributed by atoms with van der Waals surface area (Å²) in [4.78, 5) is 15.0. The standard InChI is InChI=1S/C20H30N2O3/c1-6-11-24-18-10-8-7-9-17(18)19(23)21-14-20(4,5)22-12-15(2)25-16(3)13-22/h6-10,15-16H,1,11-14H2,2-5H3,(H,21,23). The maximum Gasteiger partial charge on any atom is 0.255 e. The van der Waals surface area contributed by atoms with Crippen molar-refractivity contribution in [3.05, 3.63) is 42.5 Å². The smallest absolute Gasteiger partial charge is 0.255 e. The number of para-hydroxylation sites is 1. The van der Waals surface area contributed by atoms with E-state index in [0.29, 0.717) is 24.5 Å². The predicted molar refractivity (Wildman–Crippen MR) is 100 cm³/mol. The minimum absolute atomic E-state index is 0.123. The quantitative estimate of drug-likeness (QED) is 0.772. The Morgan fingerprint density at radius 1 is 1.36 bits per heavy atom. The van der Waals surface area contributed by atoms with Crippen LogP contribution in [-0.2, 0) is 4.74 Å². The molecule has 2 atom stereocenters. The highest BCUT2D eigenvalue weighted by Crippen LogP contribution is 2.22. The van der Waals surface area contributed by atoms with Crippen LogP contribution < -0.4 is 10.1 Å². The molecule has 1 amide bonds. The van der Waals surface area contributed by atoms with E-state index in [1.54, 1.807) is 18.2 Å². The van der Waals surface area contributed by atoms with Crippen LogP contribution in [0.4, 0.5) is 0 Å². The second kappa shape index (κ2) is 8.50. The van der Waals surface area contributed by atoms with E-state index in [2.05, 4.69) is 44.5 Å². The highest BCUT2D eigenvalue weighted by molar-refractivity contribution is 5.96. The number of benzene rings is 1. The fourth-order valence-corrected chi connectivity index (χ4v) is 3.10. The Hall–Kier alpha value is -1.85. The fourth-order valence-electron chi connectivity index (χ4n) is 3.10. The van der Waals surface area contributed by atoms with Gasteiger partial charge in [-0.3, -0.25) is 9.69 Å². The number of hydrogen-bond donors (Lipinski definition) is 1. The zero-order valence-corrected chi connectivity index (χ0v) is 15.7. The number of hydrogen-bond acceptors (Lipinski definition) is 4. The third kappa shape index (κ3) is 5.31. The van der Waals surface area contributed by atoms with Crippen LogP contribution in [0.3, 0.4) is 0 Å². The Bertz CT molecular complexity index is 590. The van der Waals surface area contributed by atoms with Crippen molar-refractivity contribution in [3.63, 3.8) is 0 Å². The van der Waals surface area contributed by atoms with Gasteiger partial charge in [0.05, 0.1) is 17.8 Å². The molecule has 1 aliphatic heterocycles. The van der Waals surface area contributed by atoms with E-state index in [-0.39, 0.29) is 23.7 Å². The molecule has 0 radical (unpaired) electrons. The summed E-state index contributed by atoms with van der Waals surface area (Å²) in [7, 11) is 0. The lowest BCUT2D eigenvalue weighted by molar-refractivity contribution is -0.0948. The van der Waals surface area contributed by atoms with Crippen molar-refractivity contribution in [2.45, 2.75) is 45.4 Å². The van der Waals surface area contributed by atoms with Crippen molar-refractivity contribution in [3.8, 4) is 5.75 Å². The topological polar surface area (TPSA) is 50.8 Å². The molecule has 1 aromatic carbocycles. The minimum Gasteiger partial charge on any atom is -0.489 e. The first-order valence-electron chi connectivity index (χ1n) is 8.85. The minimum atomic E-state index is -0.154. The molecule has 138 valence electrons. The van der Waals surface area contributed by atoms with E-state index < -0.39 is 0 Å². The Kier molecular flexibility index (Phi) is 6.62. The third-order valence-electron chi connectivity index (χ3n) is 4.45. The lowest BCUT2D eigenvalue weighted by Gasteiger charge is -2.45. The molecule has 1 heterocycles. The molecule has 5 nitrogen and oxygen atoms in total. The molecular formula is C20H30N2O3. The number of nitrogens with one attached hydrogen (secondary N) is 1. The van der Waals surface area contributed by atoms with Crippen LogP contribution in [0.1, 0.15) is 38.1 Å². The molecule has 2 unspecified atom stereocenters. The Balaban J connectivity index is 2.00. The Morgan fingerprint density at radius 3 is 2.64 bits per heavy atom. The van der Waals surface area contributed by atoms with Gasteiger partial charge in [-0.25, -0.2) is 0 Å². The molecule has 1 aromatic rings. The third-order valence-corrected chi connectivity index (χ3v) is 4.45. The normalized spacial score (nSPS) is 21.6. The molecule has 0 bridgehead atoms. The summed E-state index contributed by atoms with van der Waals surface area (Å²) < 4.78 is 11.4. The largest absolute Gasteiger partial charge is 0.489 e. The number of morpholine rings is 1. The summed E-state index contributed by atoms with van der Waals surface area (Å²) >= 11 is 0. The van der Waals surface area contributed by atoms with Gasteiger partial charge in [0.1, 0.15) is 12.4 Å². The summed E-state index contributed by atoms with van der Waals surface area (Å²) in [6.45, 7) is 14.8. The summed E-state index contributed by atoms with van der Waals surface area (Å²) in [6.07, 6.45) is 2.07. The van der Waals surface area contributed by atoms with E-state index in [1.165, 1.54) is 0 Å². The zero-order chi connectivity index (χ0) is 18.4. The average molecular weight is 346 g/mol. The second-order valence-electron chi connectivity index (χ2n) is 7.25. The first-order valence-corrected chi connectivity index (χ1v) is 8.85. The molecule has 1 fully saturated rings. The molecular weight excluding hydrogens is 316 g/mol. The summed E-state index contributed by atoms with van der Waals surface area (Å²) in [5.74, 6) is 0.452. The van der Waals surface area contributed by atoms with Crippen LogP contribution >= 0.6 is 0 Å². The maximum atomic E-state index is 12.6. The van der Waals surface area contributed by atoms with E-state index in [4.69, 9.17) is 9.47 Å². The van der Waals surface area contributed by atoms with E-state index in [1.807, 2.05) is 12.1 Å². The molecule has 1 N–H and O–H groups in total. The predicted octanol–water partition coefficient (Wildman–Crippen LogP) is 2.87. The Labute approximate surface area is 151 Å². The molecule has 0 spiro atoms. The number of carbonyl (C=O) groups is 1. The van der Waals surface area contributed by atoms with E-state index in [9.17, 15) is 4.79 Å². The van der Waals surface area contributed by atoms with Crippen molar-refractivity contribution in [1.29, 1.82) is 0 Å². The highest BCUT2D eigenvalue weighted by Gasteiger charge is 2.33. The van der Waals surface area contributed by atoms with Crippen molar-refractivity contribution in [2.24, 2.45) is 0 Å². The SMILES string of the molecule is C=CCOc1ccccc1C(=O)NCC(C)(C)N1CC(C)OC(C)C1. The summed E-state index contributed by atoms with van der Waals surface area (Å²) in [5, 5.41) is 3.06. The number of nitrogens with zero attached hydrogens (tertiary/aromatic N) is 1. The lowest BCUT2D eigenvalue weighted by Crippen LogP contribution is -2.58. The van der Waals surface area contributed by atoms with Crippen LogP contribution in [0.5, 0.6) is 5.75 Å². The van der Waals surface area contributed by atoms with Gasteiger partial charge in [0.25, 0.3) is 5.91 Å². The lowest BCUT2D eigenvalue weighted by atomic mass is 10.00. The van der Waals surface area contributed by atoms with Crippen molar-refractivity contribution < 1.29 is 14.3 Å². The molecule has 0 aromatic heterocycles. The molecule has 0 aliphatic carbocycles. The molecule has 0 saturated carbocycles. The van der Waals surface area contributed by atoms with Crippen molar-refractivity contribution in [1.82, 2.24) is 10.2 Å². The summed E-state index contributed by atoms with van der Waals surface area (Å²) in [6, 6.07) is 7.27. The van der Waals surface area contributed by atoms with E-state index >= 15 is 0 Å². The van der Waals surface area contributed by atoms with Gasteiger partial charge in [-0.2, -0.15) is 0 Å². The van der Waals surface area contributed by atoms with Crippen LogP contribution in [0.2, 0.25) is 0 Å². The maximum absolute atomic E-state index is 12.6. The van der Waals surface area contributed by atoms with Crippen molar-refractivity contribution >= 4 is 5.91 Å². The summed E-state index contributed by atoms with van der Waals surface area (Å²) in [5.41, 5.74) is 0.391. The van der Waals surface area contributed by atoms with Crippen LogP contribution in [0.25, 0.3) is 0 Å². The van der Waals surface area contributed by atoms with Gasteiger partial charge in [0.15, 0.2) is 0 Å². The first kappa shape index (κ1) is 19.5. The van der Waals surface area contributed by atoms with Crippen molar-refractivity contribution in [2.75, 3.05) is 26.2 Å². The van der Waals surface area contributed by atoms with E-state index in [0.717, 1.165) is 13.1 Å². The monoisotopic (exact) mass is 346 g/mol. The van der Waals surface area contributed by atoms with Gasteiger partial charge in [-0.15, -0.1) is 0 Å². The Morgan fingerprint density at radius 2 is 2.00 bits per heavy atom. The number of rotatable bonds is 7. The number of carbonyl (C=O) groups excluding carboxylic acids is 1. The zero-order valence-electron chi connectivity index (χ0n) is 15.7. The van der Waals surface area contributed by atoms with Gasteiger partial charge in [0.2, 0.25) is 0 Å². The van der Waals surface area contributed by atoms with Crippen LogP contribution in [0, 0.1) is 0 Å². The van der Waals surface area contributed by atoms with Gasteiger partial charge < -0.3 is 14.8 Å². The van der Waals surface area contributed by atoms with Gasteiger partial charge in [-0.1, -0.05) is 24.8 Å². The fraction of sp³-hybridized carbons (Fsp3) is 0.550. The van der Waals surface area contributed by atoms with Gasteiger partial charge in [-0.05, 0) is 39.8 Å². The van der Waals surface area contributed by atoms with Gasteiger partial charge in [0, 0.05) is 25.2 Å². The average Bonchev–Trinajstić information content (AvgIpc) is 2.57. The molecule has 1 saturated heterocycles. The first-order chi connectivity index (χ1) is 11.8. The highest BCUT2D eigenvalue weighted by atomic mass is 16.5. The van der Waals surface area contributed by atoms with Crippen LogP contribution in [0.15, 0.2) is 36.9 Å². The van der Waals surface area contributed by atoms with Gasteiger partial charge >= 0.3 is 0 Å². The molecule has 2 rings (SSSR count). The molecule has 5 heteroatoms. The molecule has 25 heavy (non-hydrogen) atoms. The van der Waals surface area contributed by atoms with Crippen LogP contribution in [-0.4, -0.2) is 54.8 Å². The second-order valence-corrected chi connectivity index (χ2v) is 7.25. The molecule has 1 aliphatic rings.